The van der Waals surface area contributed by atoms with Gasteiger partial charge in [0.1, 0.15) is 12.2 Å². The van der Waals surface area contributed by atoms with E-state index in [1.165, 1.54) is 12.1 Å². The van der Waals surface area contributed by atoms with Gasteiger partial charge < -0.3 is 19.9 Å². The van der Waals surface area contributed by atoms with Gasteiger partial charge in [0, 0.05) is 12.1 Å². The summed E-state index contributed by atoms with van der Waals surface area (Å²) in [7, 11) is -4.54. The number of aliphatic hydroxyl groups is 1. The van der Waals surface area contributed by atoms with Gasteiger partial charge in [-0.1, -0.05) is 12.1 Å². The van der Waals surface area contributed by atoms with Crippen LogP contribution in [0, 0.1) is 16.0 Å². The second kappa shape index (κ2) is 10.8. The molecule has 0 spiro atoms. The number of amides is 2. The summed E-state index contributed by atoms with van der Waals surface area (Å²) in [5, 5.41) is 24.1. The minimum absolute atomic E-state index is 0.0978. The molecule has 1 aliphatic rings. The van der Waals surface area contributed by atoms with E-state index in [1.54, 1.807) is 25.5 Å². The zero-order valence-corrected chi connectivity index (χ0v) is 19.5. The molecule has 12 nitrogen and oxygen atoms in total. The lowest BCUT2D eigenvalue weighted by Gasteiger charge is -2.32. The first-order valence-electron chi connectivity index (χ1n) is 10.4. The highest BCUT2D eigenvalue weighted by atomic mass is 32.2. The van der Waals surface area contributed by atoms with Gasteiger partial charge in [0.05, 0.1) is 11.0 Å². The lowest BCUT2D eigenvalue weighted by atomic mass is 9.83. The second-order valence-electron chi connectivity index (χ2n) is 8.75. The molecule has 3 N–H and O–H groups in total. The number of sulfonamides is 1. The molecular weight excluding hydrogens is 458 g/mol. The number of nitrogens with zero attached hydrogens (tertiary/aromatic N) is 1. The third-order valence-electron chi connectivity index (χ3n) is 4.99. The SMILES string of the molecule is CC(C)(C)OC(=O)NC1CCC(C(O)COC(=O)NS(=O)(=O)c2ccccc2[N+](=O)[O-])CC1. The molecule has 33 heavy (non-hydrogen) atoms. The molecule has 0 saturated heterocycles. The fraction of sp³-hybridized carbons (Fsp3) is 0.600. The lowest BCUT2D eigenvalue weighted by Crippen LogP contribution is -2.42. The summed E-state index contributed by atoms with van der Waals surface area (Å²) in [6.07, 6.45) is -0.591. The number of carbonyl (C=O) groups excluding carboxylic acids is 2. The number of benzene rings is 1. The smallest absolute Gasteiger partial charge is 0.421 e. The van der Waals surface area contributed by atoms with Crippen LogP contribution in [-0.4, -0.2) is 55.0 Å². The molecule has 1 atom stereocenters. The first-order valence-corrected chi connectivity index (χ1v) is 11.9. The minimum atomic E-state index is -4.54. The van der Waals surface area contributed by atoms with Crippen LogP contribution in [0.15, 0.2) is 29.2 Å². The number of hydrogen-bond acceptors (Lipinski definition) is 9. The molecular formula is C20H29N3O9S. The Morgan fingerprint density at radius 1 is 1.18 bits per heavy atom. The van der Waals surface area contributed by atoms with Crippen LogP contribution in [-0.2, 0) is 19.5 Å². The molecule has 2 amide bonds. The van der Waals surface area contributed by atoms with E-state index < -0.39 is 56.0 Å². The van der Waals surface area contributed by atoms with E-state index in [2.05, 4.69) is 5.32 Å². The summed E-state index contributed by atoms with van der Waals surface area (Å²) in [6, 6.07) is 4.47. The number of ether oxygens (including phenoxy) is 2. The number of rotatable bonds is 7. The predicted molar refractivity (Wildman–Crippen MR) is 116 cm³/mol. The van der Waals surface area contributed by atoms with E-state index in [4.69, 9.17) is 9.47 Å². The van der Waals surface area contributed by atoms with Gasteiger partial charge in [0.2, 0.25) is 0 Å². The number of carbonyl (C=O) groups is 2. The summed E-state index contributed by atoms with van der Waals surface area (Å²) in [4.78, 5) is 33.3. The zero-order valence-electron chi connectivity index (χ0n) is 18.6. The largest absolute Gasteiger partial charge is 0.446 e. The monoisotopic (exact) mass is 487 g/mol. The van der Waals surface area contributed by atoms with Gasteiger partial charge in [0.15, 0.2) is 4.90 Å². The number of nitrogens with one attached hydrogen (secondary N) is 2. The average Bonchev–Trinajstić information content (AvgIpc) is 2.70. The molecule has 0 aliphatic heterocycles. The molecule has 1 saturated carbocycles. The number of nitro benzene ring substituents is 1. The summed E-state index contributed by atoms with van der Waals surface area (Å²) >= 11 is 0. The Kier molecular flexibility index (Phi) is 8.61. The van der Waals surface area contributed by atoms with Gasteiger partial charge in [-0.25, -0.2) is 22.7 Å². The predicted octanol–water partition coefficient (Wildman–Crippen LogP) is 2.45. The van der Waals surface area contributed by atoms with Crippen LogP contribution in [0.25, 0.3) is 0 Å². The van der Waals surface area contributed by atoms with Gasteiger partial charge in [0.25, 0.3) is 15.7 Å². The summed E-state index contributed by atoms with van der Waals surface area (Å²) in [5.74, 6) is -0.207. The Bertz CT molecular complexity index is 967. The molecule has 2 rings (SSSR count). The van der Waals surface area contributed by atoms with Crippen molar-refractivity contribution >= 4 is 27.9 Å². The molecule has 0 bridgehead atoms. The van der Waals surface area contributed by atoms with Crippen molar-refractivity contribution in [1.29, 1.82) is 0 Å². The molecule has 0 aromatic heterocycles. The van der Waals surface area contributed by atoms with Gasteiger partial charge in [-0.05, 0) is 58.4 Å². The van der Waals surface area contributed by atoms with Crippen molar-refractivity contribution in [1.82, 2.24) is 10.0 Å². The molecule has 1 aromatic carbocycles. The topological polar surface area (TPSA) is 174 Å². The quantitative estimate of drug-likeness (QED) is 0.385. The standard InChI is InChI=1S/C20H29N3O9S/c1-20(2,3)32-18(25)21-14-10-8-13(9-11-14)16(24)12-31-19(26)22-33(29,30)17-7-5-4-6-15(17)23(27)28/h4-7,13-14,16,24H,8-12H2,1-3H3,(H,21,25)(H,22,26). The Hall–Kier alpha value is -2.93. The van der Waals surface area contributed by atoms with Crippen LogP contribution in [0.2, 0.25) is 0 Å². The van der Waals surface area contributed by atoms with Crippen molar-refractivity contribution in [3.63, 3.8) is 0 Å². The van der Waals surface area contributed by atoms with Gasteiger partial charge in [-0.2, -0.15) is 0 Å². The summed E-state index contributed by atoms with van der Waals surface area (Å²) in [5.41, 5.74) is -1.29. The Balaban J connectivity index is 1.81. The first-order chi connectivity index (χ1) is 15.3. The first kappa shape index (κ1) is 26.3. The molecule has 1 aliphatic carbocycles. The highest BCUT2D eigenvalue weighted by Gasteiger charge is 2.31. The van der Waals surface area contributed by atoms with Crippen LogP contribution < -0.4 is 10.0 Å². The average molecular weight is 488 g/mol. The maximum absolute atomic E-state index is 12.3. The normalized spacial score (nSPS) is 19.8. The molecule has 13 heteroatoms. The third kappa shape index (κ3) is 8.17. The van der Waals surface area contributed by atoms with E-state index in [0.717, 1.165) is 12.1 Å². The Morgan fingerprint density at radius 3 is 2.36 bits per heavy atom. The van der Waals surface area contributed by atoms with E-state index in [-0.39, 0.29) is 12.0 Å². The molecule has 184 valence electrons. The van der Waals surface area contributed by atoms with E-state index in [9.17, 15) is 33.2 Å². The maximum atomic E-state index is 12.3. The van der Waals surface area contributed by atoms with Gasteiger partial charge in [-0.3, -0.25) is 10.1 Å². The number of aliphatic hydroxyl groups excluding tert-OH is 1. The lowest BCUT2D eigenvalue weighted by molar-refractivity contribution is -0.387. The highest BCUT2D eigenvalue weighted by Crippen LogP contribution is 2.28. The van der Waals surface area contributed by atoms with Crippen LogP contribution >= 0.6 is 0 Å². The van der Waals surface area contributed by atoms with Crippen molar-refractivity contribution < 1.29 is 37.5 Å². The van der Waals surface area contributed by atoms with Crippen LogP contribution in [0.5, 0.6) is 0 Å². The van der Waals surface area contributed by atoms with Gasteiger partial charge in [-0.15, -0.1) is 0 Å². The number of alkyl carbamates (subject to hydrolysis) is 1. The van der Waals surface area contributed by atoms with E-state index in [1.807, 2.05) is 0 Å². The van der Waals surface area contributed by atoms with Crippen molar-refractivity contribution in [3.8, 4) is 0 Å². The summed E-state index contributed by atoms with van der Waals surface area (Å²) in [6.45, 7) is 4.85. The summed E-state index contributed by atoms with van der Waals surface area (Å²) < 4.78 is 36.3. The molecule has 1 fully saturated rings. The fourth-order valence-corrected chi connectivity index (χ4v) is 4.51. The Labute approximate surface area is 191 Å². The van der Waals surface area contributed by atoms with E-state index in [0.29, 0.717) is 25.7 Å². The second-order valence-corrected chi connectivity index (χ2v) is 10.4. The fourth-order valence-electron chi connectivity index (χ4n) is 3.45. The Morgan fingerprint density at radius 2 is 1.79 bits per heavy atom. The van der Waals surface area contributed by atoms with Gasteiger partial charge >= 0.3 is 12.2 Å². The molecule has 1 aromatic rings. The molecule has 1 unspecified atom stereocenters. The van der Waals surface area contributed by atoms with Crippen LogP contribution in [0.1, 0.15) is 46.5 Å². The molecule has 0 radical (unpaired) electrons. The molecule has 0 heterocycles. The van der Waals surface area contributed by atoms with Crippen molar-refractivity contribution in [3.05, 3.63) is 34.4 Å². The number of hydrogen-bond donors (Lipinski definition) is 3. The number of nitro groups is 1. The maximum Gasteiger partial charge on any atom is 0.421 e. The zero-order chi connectivity index (χ0) is 24.8. The third-order valence-corrected chi connectivity index (χ3v) is 6.35. The van der Waals surface area contributed by atoms with Crippen molar-refractivity contribution in [2.75, 3.05) is 6.61 Å². The van der Waals surface area contributed by atoms with Crippen LogP contribution in [0.3, 0.4) is 0 Å². The minimum Gasteiger partial charge on any atom is -0.446 e. The van der Waals surface area contributed by atoms with Crippen LogP contribution in [0.4, 0.5) is 15.3 Å². The van der Waals surface area contributed by atoms with E-state index >= 15 is 0 Å². The number of para-hydroxylation sites is 1. The van der Waals surface area contributed by atoms with Crippen molar-refractivity contribution in [2.45, 2.75) is 69.1 Å². The van der Waals surface area contributed by atoms with Crippen molar-refractivity contribution in [2.24, 2.45) is 5.92 Å². The highest BCUT2D eigenvalue weighted by molar-refractivity contribution is 7.90.